The van der Waals surface area contributed by atoms with E-state index < -0.39 is 5.60 Å². The molecule has 1 amide bonds. The number of carbonyl (C=O) groups excluding carboxylic acids is 3. The fourth-order valence-corrected chi connectivity index (χ4v) is 11.0. The molecule has 0 bridgehead atoms. The molecule has 9 rings (SSSR count). The minimum absolute atomic E-state index is 0.0520. The third-order valence-electron chi connectivity index (χ3n) is 13.7. The van der Waals surface area contributed by atoms with E-state index in [1.165, 1.54) is 28.9 Å². The molecule has 22 heteroatoms. The number of rotatable bonds is 19. The molecule has 20 nitrogen and oxygen atoms in total. The van der Waals surface area contributed by atoms with Crippen LogP contribution in [0.1, 0.15) is 127 Å². The Morgan fingerprint density at radius 3 is 1.87 bits per heavy atom. The van der Waals surface area contributed by atoms with Crippen molar-refractivity contribution in [1.29, 1.82) is 0 Å². The van der Waals surface area contributed by atoms with Gasteiger partial charge < -0.3 is 40.8 Å². The number of aliphatic imine (C=N–C) groups is 1. The van der Waals surface area contributed by atoms with Gasteiger partial charge in [-0.25, -0.2) is 34.7 Å². The number of morpholine rings is 2. The number of amides is 1. The zero-order valence-corrected chi connectivity index (χ0v) is 52.3. The molecule has 0 saturated carbocycles. The SMILES string of the molecule is Cc1cc(-c2ccnc(NC(C=NC[C@@H]3CNCCO3)=CN)n2)ccc1CCC(=O)c1cnc(C(C)(C)C)s1.Cc1cc(-c2ccnc(Nc3cnn(C[C@@H]4CN(C(=O)OC(C)(C)C)CCO4)c3)n2)ccc1CCC(=O)c1cnc(C(C)(C)C)s1. The number of hydrogen-bond donors (Lipinski definition) is 4. The van der Waals surface area contributed by atoms with E-state index >= 15 is 0 Å². The number of nitrogens with two attached hydrogens (primary N) is 1. The van der Waals surface area contributed by atoms with Gasteiger partial charge in [0, 0.05) is 97.8 Å². The second-order valence-electron chi connectivity index (χ2n) is 24.2. The Labute approximate surface area is 506 Å². The van der Waals surface area contributed by atoms with Gasteiger partial charge in [-0.15, -0.1) is 22.7 Å². The Balaban J connectivity index is 0.000000224. The number of ether oxygens (including phenoxy) is 3. The molecule has 5 aromatic heterocycles. The molecule has 2 atom stereocenters. The zero-order chi connectivity index (χ0) is 60.9. The molecule has 2 aliphatic heterocycles. The van der Waals surface area contributed by atoms with E-state index in [4.69, 9.17) is 24.9 Å². The van der Waals surface area contributed by atoms with Crippen LogP contribution >= 0.6 is 22.7 Å². The summed E-state index contributed by atoms with van der Waals surface area (Å²) in [6.45, 7) is 27.1. The number of benzene rings is 2. The number of carbonyl (C=O) groups is 3. The molecule has 450 valence electrons. The predicted octanol–water partition coefficient (Wildman–Crippen LogP) is 10.9. The number of thiazole rings is 2. The van der Waals surface area contributed by atoms with E-state index in [-0.39, 0.29) is 40.7 Å². The molecule has 2 aliphatic rings. The van der Waals surface area contributed by atoms with Crippen LogP contribution in [0.5, 0.6) is 0 Å². The van der Waals surface area contributed by atoms with Gasteiger partial charge in [0.1, 0.15) is 5.60 Å². The van der Waals surface area contributed by atoms with Crippen LogP contribution in [-0.2, 0) is 44.4 Å². The van der Waals surface area contributed by atoms with E-state index in [0.29, 0.717) is 82.7 Å². The highest BCUT2D eigenvalue weighted by atomic mass is 32.1. The fourth-order valence-electron chi connectivity index (χ4n) is 9.11. The predicted molar refractivity (Wildman–Crippen MR) is 336 cm³/mol. The van der Waals surface area contributed by atoms with Crippen LogP contribution < -0.4 is 21.7 Å². The Kier molecular flexibility index (Phi) is 21.3. The molecular formula is C63H80N14O6S2. The standard InChI is InChI=1S/C34H43N7O4S.C29H37N7O2S/c1-22-16-24(9-8-23(22)10-11-28(42)29-18-36-30(46-29)33(2,3)4)27-12-13-35-31(39-27)38-25-17-37-41(19-25)21-26-20-40(14-15-44-26)32(43)45-34(5,6)7;1-19-13-21(6-5-20(19)7-8-25(37)26-18-34-27(39-26)29(2,3)4)24-9-10-33-28(36-24)35-22(14-30)15-32-17-23-16-31-11-12-38-23/h8-9,12-13,16-19,26H,10-11,14-15,20-21H2,1-7H3,(H,35,38,39);5-6,9-10,13-15,18,23,31H,7-8,11-12,16-17,30H2,1-4H3,(H,33,35,36)/t26-;23-/m00/s1. The summed E-state index contributed by atoms with van der Waals surface area (Å²) in [7, 11) is 0. The Bertz CT molecular complexity index is 3470. The maximum absolute atomic E-state index is 12.8. The van der Waals surface area contributed by atoms with Gasteiger partial charge in [0.25, 0.3) is 0 Å². The molecule has 0 aliphatic carbocycles. The highest BCUT2D eigenvalue weighted by Crippen LogP contribution is 2.31. The van der Waals surface area contributed by atoms with Crippen molar-refractivity contribution in [2.45, 2.75) is 137 Å². The van der Waals surface area contributed by atoms with Crippen molar-refractivity contribution in [1.82, 2.24) is 49.9 Å². The largest absolute Gasteiger partial charge is 0.444 e. The van der Waals surface area contributed by atoms with Crippen molar-refractivity contribution in [3.8, 4) is 22.5 Å². The first kappa shape index (κ1) is 63.4. The summed E-state index contributed by atoms with van der Waals surface area (Å²) in [6, 6.07) is 16.1. The van der Waals surface area contributed by atoms with E-state index in [1.807, 2.05) is 51.2 Å². The maximum atomic E-state index is 12.8. The normalized spacial score (nSPS) is 16.0. The Morgan fingerprint density at radius 2 is 1.34 bits per heavy atom. The lowest BCUT2D eigenvalue weighted by Gasteiger charge is -2.34. The van der Waals surface area contributed by atoms with Crippen LogP contribution in [-0.4, -0.2) is 132 Å². The van der Waals surface area contributed by atoms with E-state index in [1.54, 1.807) is 46.8 Å². The zero-order valence-electron chi connectivity index (χ0n) is 50.7. The summed E-state index contributed by atoms with van der Waals surface area (Å²) in [5.41, 5.74) is 14.5. The van der Waals surface area contributed by atoms with Crippen LogP contribution in [0.3, 0.4) is 0 Å². The number of ketones is 2. The molecule has 7 heterocycles. The van der Waals surface area contributed by atoms with Crippen molar-refractivity contribution >= 4 is 64.1 Å². The monoisotopic (exact) mass is 1190 g/mol. The van der Waals surface area contributed by atoms with Gasteiger partial charge in [-0.3, -0.25) is 19.3 Å². The molecule has 0 spiro atoms. The first-order valence-corrected chi connectivity index (χ1v) is 30.3. The number of aryl methyl sites for hydroxylation is 4. The third-order valence-corrected chi connectivity index (χ3v) is 16.7. The molecule has 0 unspecified atom stereocenters. The maximum Gasteiger partial charge on any atom is 0.410 e. The molecule has 0 radical (unpaired) electrons. The summed E-state index contributed by atoms with van der Waals surface area (Å²) in [5, 5.41) is 16.1. The van der Waals surface area contributed by atoms with Crippen molar-refractivity contribution in [2.75, 3.05) is 56.6 Å². The number of aromatic nitrogens is 8. The van der Waals surface area contributed by atoms with Gasteiger partial charge in [-0.05, 0) is 94.0 Å². The fraction of sp³-hybridized carbons (Fsp3) is 0.444. The average Bonchev–Trinajstić information content (AvgIpc) is 3.64. The second kappa shape index (κ2) is 28.5. The summed E-state index contributed by atoms with van der Waals surface area (Å²) in [6.07, 6.45) is 15.3. The van der Waals surface area contributed by atoms with Crippen molar-refractivity contribution in [3.63, 3.8) is 0 Å². The molecule has 7 aromatic rings. The van der Waals surface area contributed by atoms with Gasteiger partial charge >= 0.3 is 6.09 Å². The lowest BCUT2D eigenvalue weighted by molar-refractivity contribution is -0.0483. The minimum Gasteiger partial charge on any atom is -0.444 e. The van der Waals surface area contributed by atoms with E-state index in [0.717, 1.165) is 83.3 Å². The van der Waals surface area contributed by atoms with Gasteiger partial charge in [0.15, 0.2) is 11.6 Å². The number of nitrogens with zero attached hydrogens (tertiary/aromatic N) is 10. The molecule has 2 saturated heterocycles. The quantitative estimate of drug-likeness (QED) is 0.0434. The molecule has 85 heavy (non-hydrogen) atoms. The molecule has 2 aromatic carbocycles. The second-order valence-corrected chi connectivity index (χ2v) is 26.2. The van der Waals surface area contributed by atoms with Gasteiger partial charge in [-0.2, -0.15) is 5.10 Å². The first-order valence-electron chi connectivity index (χ1n) is 28.7. The van der Waals surface area contributed by atoms with Gasteiger partial charge in [0.05, 0.1) is 93.8 Å². The Morgan fingerprint density at radius 1 is 0.765 bits per heavy atom. The van der Waals surface area contributed by atoms with Crippen LogP contribution in [0.2, 0.25) is 0 Å². The van der Waals surface area contributed by atoms with Crippen molar-refractivity contribution in [3.05, 3.63) is 140 Å². The number of anilines is 3. The minimum atomic E-state index is -0.545. The molecule has 5 N–H and O–H groups in total. The smallest absolute Gasteiger partial charge is 0.410 e. The third kappa shape index (κ3) is 18.7. The van der Waals surface area contributed by atoms with Crippen molar-refractivity contribution in [2.24, 2.45) is 10.7 Å². The van der Waals surface area contributed by atoms with Crippen LogP contribution in [0.25, 0.3) is 22.5 Å². The number of nitrogens with one attached hydrogen (secondary N) is 3. The lowest BCUT2D eigenvalue weighted by atomic mass is 9.98. The average molecular weight is 1190 g/mol. The summed E-state index contributed by atoms with van der Waals surface area (Å²) >= 11 is 2.99. The van der Waals surface area contributed by atoms with Crippen LogP contribution in [0, 0.1) is 13.8 Å². The van der Waals surface area contributed by atoms with Crippen molar-refractivity contribution < 1.29 is 28.6 Å². The highest BCUT2D eigenvalue weighted by molar-refractivity contribution is 7.14. The lowest BCUT2D eigenvalue weighted by Crippen LogP contribution is -2.48. The van der Waals surface area contributed by atoms with Gasteiger partial charge in [0.2, 0.25) is 11.9 Å². The number of allylic oxidation sites excluding steroid dienone is 1. The van der Waals surface area contributed by atoms with Gasteiger partial charge in [-0.1, -0.05) is 65.8 Å². The van der Waals surface area contributed by atoms with E-state index in [9.17, 15) is 14.4 Å². The molecular weight excluding hydrogens is 1110 g/mol. The summed E-state index contributed by atoms with van der Waals surface area (Å²) in [5.74, 6) is 1.14. The number of hydrogen-bond acceptors (Lipinski definition) is 20. The van der Waals surface area contributed by atoms with Crippen LogP contribution in [0.4, 0.5) is 22.4 Å². The topological polar surface area (TPSA) is 252 Å². The van der Waals surface area contributed by atoms with Crippen LogP contribution in [0.15, 0.2) is 103 Å². The summed E-state index contributed by atoms with van der Waals surface area (Å²) < 4.78 is 18.8. The highest BCUT2D eigenvalue weighted by Gasteiger charge is 2.29. The number of Topliss-reactive ketones (excluding diaryl/α,β-unsaturated/α-hetero) is 2. The first-order chi connectivity index (χ1) is 40.5. The summed E-state index contributed by atoms with van der Waals surface area (Å²) in [4.78, 5) is 72.7. The van der Waals surface area contributed by atoms with E-state index in [2.05, 4.69) is 131 Å². The Hall–Kier alpha value is -7.63. The molecule has 2 fully saturated rings.